The zero-order valence-corrected chi connectivity index (χ0v) is 13.7. The number of halogens is 2. The molecule has 0 radical (unpaired) electrons. The van der Waals surface area contributed by atoms with E-state index in [1.54, 1.807) is 13.8 Å². The summed E-state index contributed by atoms with van der Waals surface area (Å²) in [5.74, 6) is -0.529. The van der Waals surface area contributed by atoms with E-state index in [1.807, 2.05) is 0 Å². The maximum absolute atomic E-state index is 13.4. The van der Waals surface area contributed by atoms with Gasteiger partial charge in [0.1, 0.15) is 5.82 Å². The first-order valence-electron chi connectivity index (χ1n) is 6.37. The Kier molecular flexibility index (Phi) is 4.53. The van der Waals surface area contributed by atoms with Gasteiger partial charge in [-0.05, 0) is 59.8 Å². The smallest absolute Gasteiger partial charge is 0.243 e. The van der Waals surface area contributed by atoms with Gasteiger partial charge >= 0.3 is 0 Å². The van der Waals surface area contributed by atoms with Crippen LogP contribution in [-0.4, -0.2) is 37.0 Å². The highest BCUT2D eigenvalue weighted by Gasteiger charge is 2.35. The number of hydrogen-bond donors (Lipinski definition) is 1. The van der Waals surface area contributed by atoms with Crippen molar-refractivity contribution in [2.45, 2.75) is 31.3 Å². The molecule has 2 atom stereocenters. The van der Waals surface area contributed by atoms with Gasteiger partial charge in [0.25, 0.3) is 0 Å². The van der Waals surface area contributed by atoms with Crippen molar-refractivity contribution in [3.8, 4) is 0 Å². The fourth-order valence-electron chi connectivity index (χ4n) is 2.41. The van der Waals surface area contributed by atoms with E-state index in [9.17, 15) is 17.9 Å². The minimum absolute atomic E-state index is 0.0472. The molecule has 20 heavy (non-hydrogen) atoms. The Morgan fingerprint density at radius 1 is 1.50 bits per heavy atom. The van der Waals surface area contributed by atoms with E-state index in [1.165, 1.54) is 16.4 Å². The Morgan fingerprint density at radius 2 is 2.15 bits per heavy atom. The molecule has 4 nitrogen and oxygen atoms in total. The Bertz CT molecular complexity index is 618. The number of aliphatic hydroxyl groups is 1. The van der Waals surface area contributed by atoms with E-state index in [0.717, 1.165) is 0 Å². The standard InChI is InChI=1S/C13H17BrFNO3S/c1-8-5-12(15)11(14)6-13(8)20(18,19)16-4-3-10(7-16)9(2)17/h5-6,9-10,17H,3-4,7H2,1-2H3. The van der Waals surface area contributed by atoms with Crippen LogP contribution in [0.15, 0.2) is 21.5 Å². The van der Waals surface area contributed by atoms with E-state index in [2.05, 4.69) is 15.9 Å². The molecule has 7 heteroatoms. The van der Waals surface area contributed by atoms with Crippen molar-refractivity contribution >= 4 is 26.0 Å². The molecule has 1 aromatic rings. The van der Waals surface area contributed by atoms with Crippen molar-refractivity contribution < 1.29 is 17.9 Å². The van der Waals surface area contributed by atoms with E-state index in [-0.39, 0.29) is 15.3 Å². The highest BCUT2D eigenvalue weighted by Crippen LogP contribution is 2.30. The van der Waals surface area contributed by atoms with Gasteiger partial charge in [-0.2, -0.15) is 4.31 Å². The Balaban J connectivity index is 2.35. The molecule has 2 rings (SSSR count). The van der Waals surface area contributed by atoms with Gasteiger partial charge in [-0.15, -0.1) is 0 Å². The van der Waals surface area contributed by atoms with Crippen LogP contribution in [0.2, 0.25) is 0 Å². The normalized spacial score (nSPS) is 22.1. The minimum Gasteiger partial charge on any atom is -0.393 e. The van der Waals surface area contributed by atoms with Gasteiger partial charge in [0.05, 0.1) is 15.5 Å². The average molecular weight is 366 g/mol. The predicted molar refractivity (Wildman–Crippen MR) is 77.4 cm³/mol. The minimum atomic E-state index is -3.65. The third kappa shape index (κ3) is 2.90. The summed E-state index contributed by atoms with van der Waals surface area (Å²) in [6, 6.07) is 2.51. The van der Waals surface area contributed by atoms with Crippen LogP contribution in [0, 0.1) is 18.7 Å². The zero-order valence-electron chi connectivity index (χ0n) is 11.3. The number of nitrogens with zero attached hydrogens (tertiary/aromatic N) is 1. The highest BCUT2D eigenvalue weighted by atomic mass is 79.9. The zero-order chi connectivity index (χ0) is 15.1. The molecule has 0 amide bonds. The van der Waals surface area contributed by atoms with Gasteiger partial charge in [0.2, 0.25) is 10.0 Å². The van der Waals surface area contributed by atoms with Gasteiger partial charge in [-0.1, -0.05) is 0 Å². The largest absolute Gasteiger partial charge is 0.393 e. The summed E-state index contributed by atoms with van der Waals surface area (Å²) < 4.78 is 40.1. The first kappa shape index (κ1) is 15.9. The van der Waals surface area contributed by atoms with Crippen LogP contribution in [0.25, 0.3) is 0 Å². The lowest BCUT2D eigenvalue weighted by Crippen LogP contribution is -2.31. The third-order valence-corrected chi connectivity index (χ3v) is 6.32. The number of benzene rings is 1. The van der Waals surface area contributed by atoms with E-state index in [4.69, 9.17) is 0 Å². The fourth-order valence-corrected chi connectivity index (χ4v) is 4.65. The molecule has 1 heterocycles. The van der Waals surface area contributed by atoms with Crippen LogP contribution in [0.1, 0.15) is 18.9 Å². The lowest BCUT2D eigenvalue weighted by Gasteiger charge is -2.19. The van der Waals surface area contributed by atoms with Gasteiger partial charge in [0.15, 0.2) is 0 Å². The number of aryl methyl sites for hydroxylation is 1. The van der Waals surface area contributed by atoms with E-state index >= 15 is 0 Å². The van der Waals surface area contributed by atoms with Crippen molar-refractivity contribution in [1.82, 2.24) is 4.31 Å². The average Bonchev–Trinajstić information content (AvgIpc) is 2.83. The highest BCUT2D eigenvalue weighted by molar-refractivity contribution is 9.10. The van der Waals surface area contributed by atoms with Crippen molar-refractivity contribution in [3.63, 3.8) is 0 Å². The maximum Gasteiger partial charge on any atom is 0.243 e. The van der Waals surface area contributed by atoms with Crippen LogP contribution in [0.5, 0.6) is 0 Å². The van der Waals surface area contributed by atoms with Crippen molar-refractivity contribution in [2.24, 2.45) is 5.92 Å². The molecule has 112 valence electrons. The quantitative estimate of drug-likeness (QED) is 0.893. The monoisotopic (exact) mass is 365 g/mol. The number of aliphatic hydroxyl groups excluding tert-OH is 1. The second-order valence-corrected chi connectivity index (χ2v) is 7.94. The molecule has 0 bridgehead atoms. The number of hydrogen-bond acceptors (Lipinski definition) is 3. The summed E-state index contributed by atoms with van der Waals surface area (Å²) in [5, 5.41) is 9.56. The van der Waals surface area contributed by atoms with Gasteiger partial charge in [-0.25, -0.2) is 12.8 Å². The van der Waals surface area contributed by atoms with Gasteiger partial charge < -0.3 is 5.11 Å². The second-order valence-electron chi connectivity index (χ2n) is 5.18. The lowest BCUT2D eigenvalue weighted by atomic mass is 10.0. The summed E-state index contributed by atoms with van der Waals surface area (Å²) in [7, 11) is -3.65. The van der Waals surface area contributed by atoms with Gasteiger partial charge in [0, 0.05) is 13.1 Å². The SMILES string of the molecule is Cc1cc(F)c(Br)cc1S(=O)(=O)N1CCC(C(C)O)C1. The summed E-state index contributed by atoms with van der Waals surface area (Å²) in [4.78, 5) is 0.108. The second kappa shape index (κ2) is 5.71. The van der Waals surface area contributed by atoms with Crippen molar-refractivity contribution in [3.05, 3.63) is 28.0 Å². The predicted octanol–water partition coefficient (Wildman–Crippen LogP) is 2.29. The Morgan fingerprint density at radius 3 is 2.70 bits per heavy atom. The van der Waals surface area contributed by atoms with Crippen LogP contribution >= 0.6 is 15.9 Å². The van der Waals surface area contributed by atoms with Crippen LogP contribution in [0.4, 0.5) is 4.39 Å². The molecule has 1 aliphatic rings. The molecular formula is C13H17BrFNO3S. The number of sulfonamides is 1. The summed E-state index contributed by atoms with van der Waals surface area (Å²) >= 11 is 3.02. The molecule has 0 aromatic heterocycles. The van der Waals surface area contributed by atoms with Crippen LogP contribution in [0.3, 0.4) is 0 Å². The maximum atomic E-state index is 13.4. The fraction of sp³-hybridized carbons (Fsp3) is 0.538. The molecule has 0 spiro atoms. The molecule has 1 aliphatic heterocycles. The first-order chi connectivity index (χ1) is 9.23. The molecule has 1 saturated heterocycles. The Hall–Kier alpha value is -0.500. The lowest BCUT2D eigenvalue weighted by molar-refractivity contribution is 0.133. The first-order valence-corrected chi connectivity index (χ1v) is 8.60. The summed E-state index contributed by atoms with van der Waals surface area (Å²) in [6.45, 7) is 3.92. The Labute approximate surface area is 126 Å². The molecule has 1 aromatic carbocycles. The topological polar surface area (TPSA) is 57.6 Å². The summed E-state index contributed by atoms with van der Waals surface area (Å²) in [5.41, 5.74) is 0.381. The number of rotatable bonds is 3. The van der Waals surface area contributed by atoms with Crippen LogP contribution in [-0.2, 0) is 10.0 Å². The molecule has 1 N–H and O–H groups in total. The molecule has 0 aliphatic carbocycles. The van der Waals surface area contributed by atoms with E-state index < -0.39 is 21.9 Å². The molecular weight excluding hydrogens is 349 g/mol. The van der Waals surface area contributed by atoms with E-state index in [0.29, 0.717) is 25.1 Å². The molecule has 0 saturated carbocycles. The van der Waals surface area contributed by atoms with Crippen LogP contribution < -0.4 is 0 Å². The third-order valence-electron chi connectivity index (χ3n) is 3.71. The molecule has 2 unspecified atom stereocenters. The van der Waals surface area contributed by atoms with Crippen molar-refractivity contribution in [1.29, 1.82) is 0 Å². The summed E-state index contributed by atoms with van der Waals surface area (Å²) in [6.07, 6.45) is 0.106. The van der Waals surface area contributed by atoms with Crippen molar-refractivity contribution in [2.75, 3.05) is 13.1 Å². The van der Waals surface area contributed by atoms with Gasteiger partial charge in [-0.3, -0.25) is 0 Å². The molecule has 1 fully saturated rings.